The van der Waals surface area contributed by atoms with Gasteiger partial charge in [-0.2, -0.15) is 0 Å². The first-order valence-corrected chi connectivity index (χ1v) is 9.33. The van der Waals surface area contributed by atoms with E-state index in [-0.39, 0.29) is 17.9 Å². The molecular formula is C22H23N3O3. The molecule has 1 amide bonds. The minimum atomic E-state index is -0.112. The summed E-state index contributed by atoms with van der Waals surface area (Å²) >= 11 is 0. The fourth-order valence-corrected chi connectivity index (χ4v) is 3.50. The number of rotatable bonds is 5. The van der Waals surface area contributed by atoms with Gasteiger partial charge in [-0.3, -0.25) is 9.36 Å². The first-order chi connectivity index (χ1) is 13.5. The molecule has 144 valence electrons. The van der Waals surface area contributed by atoms with E-state index in [0.29, 0.717) is 12.2 Å². The van der Waals surface area contributed by atoms with Crippen LogP contribution < -0.4 is 14.8 Å². The number of amides is 1. The summed E-state index contributed by atoms with van der Waals surface area (Å²) in [5.41, 5.74) is 2.79. The Kier molecular flexibility index (Phi) is 4.77. The van der Waals surface area contributed by atoms with Crippen LogP contribution in [-0.4, -0.2) is 28.7 Å². The quantitative estimate of drug-likeness (QED) is 0.726. The summed E-state index contributed by atoms with van der Waals surface area (Å²) in [7, 11) is 1.63. The van der Waals surface area contributed by atoms with E-state index in [2.05, 4.69) is 10.3 Å². The molecule has 2 heterocycles. The van der Waals surface area contributed by atoms with E-state index in [1.807, 2.05) is 66.9 Å². The lowest BCUT2D eigenvalue weighted by atomic mass is 9.89. The van der Waals surface area contributed by atoms with Gasteiger partial charge >= 0.3 is 0 Å². The van der Waals surface area contributed by atoms with E-state index >= 15 is 0 Å². The number of hydrogen-bond donors (Lipinski definition) is 1. The Bertz CT molecular complexity index is 993. The SMILES string of the molecule is COc1ccc(-n2cnc3c2NC(=O)C[C@@H]3c2cccc(OC(C)C)c2)cc1. The zero-order valence-corrected chi connectivity index (χ0v) is 16.2. The van der Waals surface area contributed by atoms with Crippen LogP contribution in [0.2, 0.25) is 0 Å². The molecule has 1 aromatic heterocycles. The van der Waals surface area contributed by atoms with Crippen molar-refractivity contribution in [3.63, 3.8) is 0 Å². The van der Waals surface area contributed by atoms with E-state index in [9.17, 15) is 4.79 Å². The molecule has 0 spiro atoms. The molecule has 28 heavy (non-hydrogen) atoms. The third-order valence-corrected chi connectivity index (χ3v) is 4.76. The van der Waals surface area contributed by atoms with Crippen LogP contribution in [-0.2, 0) is 4.79 Å². The fourth-order valence-electron chi connectivity index (χ4n) is 3.50. The number of aromatic nitrogens is 2. The lowest BCUT2D eigenvalue weighted by molar-refractivity contribution is -0.116. The highest BCUT2D eigenvalue weighted by Crippen LogP contribution is 2.38. The van der Waals surface area contributed by atoms with Crippen LogP contribution in [0.5, 0.6) is 11.5 Å². The van der Waals surface area contributed by atoms with Gasteiger partial charge in [0.05, 0.1) is 18.9 Å². The molecule has 3 aromatic rings. The van der Waals surface area contributed by atoms with Gasteiger partial charge in [0.1, 0.15) is 23.6 Å². The first kappa shape index (κ1) is 18.1. The molecule has 0 bridgehead atoms. The fraction of sp³-hybridized carbons (Fsp3) is 0.273. The van der Waals surface area contributed by atoms with Crippen LogP contribution in [0.25, 0.3) is 5.69 Å². The summed E-state index contributed by atoms with van der Waals surface area (Å²) in [4.78, 5) is 17.1. The third kappa shape index (κ3) is 3.45. The number of anilines is 1. The average molecular weight is 377 g/mol. The van der Waals surface area contributed by atoms with Gasteiger partial charge in [-0.15, -0.1) is 0 Å². The Labute approximate surface area is 164 Å². The van der Waals surface area contributed by atoms with Crippen molar-refractivity contribution in [1.29, 1.82) is 0 Å². The summed E-state index contributed by atoms with van der Waals surface area (Å²) in [6.07, 6.45) is 2.20. The highest BCUT2D eigenvalue weighted by atomic mass is 16.5. The highest BCUT2D eigenvalue weighted by molar-refractivity contribution is 5.94. The molecule has 4 rings (SSSR count). The van der Waals surface area contributed by atoms with Crippen LogP contribution in [0.15, 0.2) is 54.9 Å². The molecular weight excluding hydrogens is 354 g/mol. The molecule has 0 radical (unpaired) electrons. The van der Waals surface area contributed by atoms with E-state index < -0.39 is 0 Å². The molecule has 0 fully saturated rings. The molecule has 1 N–H and O–H groups in total. The van der Waals surface area contributed by atoms with Gasteiger partial charge in [-0.05, 0) is 55.8 Å². The molecule has 6 nitrogen and oxygen atoms in total. The lowest BCUT2D eigenvalue weighted by Gasteiger charge is -2.24. The van der Waals surface area contributed by atoms with E-state index in [1.165, 1.54) is 0 Å². The van der Waals surface area contributed by atoms with E-state index in [0.717, 1.165) is 28.4 Å². The number of ether oxygens (including phenoxy) is 2. The Morgan fingerprint density at radius 3 is 2.64 bits per heavy atom. The van der Waals surface area contributed by atoms with Crippen molar-refractivity contribution in [3.05, 3.63) is 66.1 Å². The number of imidazole rings is 1. The summed E-state index contributed by atoms with van der Waals surface area (Å²) in [6.45, 7) is 3.99. The summed E-state index contributed by atoms with van der Waals surface area (Å²) < 4.78 is 12.9. The van der Waals surface area contributed by atoms with E-state index in [4.69, 9.17) is 9.47 Å². The van der Waals surface area contributed by atoms with Crippen molar-refractivity contribution in [3.8, 4) is 17.2 Å². The Morgan fingerprint density at radius 2 is 1.93 bits per heavy atom. The molecule has 1 aliphatic rings. The Morgan fingerprint density at radius 1 is 1.14 bits per heavy atom. The largest absolute Gasteiger partial charge is 0.497 e. The number of benzene rings is 2. The predicted molar refractivity (Wildman–Crippen MR) is 107 cm³/mol. The molecule has 0 saturated carbocycles. The Hall–Kier alpha value is -3.28. The van der Waals surface area contributed by atoms with Crippen LogP contribution in [0, 0.1) is 0 Å². The van der Waals surface area contributed by atoms with Gasteiger partial charge in [-0.1, -0.05) is 12.1 Å². The van der Waals surface area contributed by atoms with Gasteiger partial charge in [-0.25, -0.2) is 4.98 Å². The summed E-state index contributed by atoms with van der Waals surface area (Å²) in [6, 6.07) is 15.6. The second-order valence-electron chi connectivity index (χ2n) is 7.09. The highest BCUT2D eigenvalue weighted by Gasteiger charge is 2.31. The number of nitrogens with zero attached hydrogens (tertiary/aromatic N) is 2. The van der Waals surface area contributed by atoms with Crippen molar-refractivity contribution < 1.29 is 14.3 Å². The van der Waals surface area contributed by atoms with Gasteiger partial charge < -0.3 is 14.8 Å². The smallest absolute Gasteiger partial charge is 0.226 e. The van der Waals surface area contributed by atoms with Crippen molar-refractivity contribution in [2.75, 3.05) is 12.4 Å². The molecule has 1 atom stereocenters. The van der Waals surface area contributed by atoms with Crippen molar-refractivity contribution in [2.24, 2.45) is 0 Å². The number of fused-ring (bicyclic) bond motifs is 1. The number of nitrogens with one attached hydrogen (secondary N) is 1. The van der Waals surface area contributed by atoms with Crippen molar-refractivity contribution in [2.45, 2.75) is 32.3 Å². The van der Waals surface area contributed by atoms with Crippen LogP contribution in [0.4, 0.5) is 5.82 Å². The minimum Gasteiger partial charge on any atom is -0.497 e. The zero-order valence-electron chi connectivity index (χ0n) is 16.2. The van der Waals surface area contributed by atoms with Gasteiger partial charge in [0, 0.05) is 18.0 Å². The number of methoxy groups -OCH3 is 1. The summed E-state index contributed by atoms with van der Waals surface area (Å²) in [5, 5.41) is 2.98. The number of hydrogen-bond acceptors (Lipinski definition) is 4. The van der Waals surface area contributed by atoms with Crippen LogP contribution in [0.3, 0.4) is 0 Å². The van der Waals surface area contributed by atoms with Crippen LogP contribution in [0.1, 0.15) is 37.4 Å². The van der Waals surface area contributed by atoms with Crippen molar-refractivity contribution in [1.82, 2.24) is 9.55 Å². The van der Waals surface area contributed by atoms with Gasteiger partial charge in [0.2, 0.25) is 5.91 Å². The maximum absolute atomic E-state index is 12.5. The van der Waals surface area contributed by atoms with Gasteiger partial charge in [0.15, 0.2) is 0 Å². The maximum atomic E-state index is 12.5. The maximum Gasteiger partial charge on any atom is 0.226 e. The second-order valence-corrected chi connectivity index (χ2v) is 7.09. The number of carbonyl (C=O) groups excluding carboxylic acids is 1. The molecule has 0 aliphatic carbocycles. The molecule has 1 aliphatic heterocycles. The molecule has 0 saturated heterocycles. The van der Waals surface area contributed by atoms with Gasteiger partial charge in [0.25, 0.3) is 0 Å². The Balaban J connectivity index is 1.72. The molecule has 0 unspecified atom stereocenters. The normalized spacial score (nSPS) is 15.9. The molecule has 6 heteroatoms. The topological polar surface area (TPSA) is 65.4 Å². The summed E-state index contributed by atoms with van der Waals surface area (Å²) in [5.74, 6) is 2.15. The second kappa shape index (κ2) is 7.38. The monoisotopic (exact) mass is 377 g/mol. The minimum absolute atomic E-state index is 0.0251. The van der Waals surface area contributed by atoms with E-state index in [1.54, 1.807) is 13.4 Å². The first-order valence-electron chi connectivity index (χ1n) is 9.33. The zero-order chi connectivity index (χ0) is 19.7. The lowest BCUT2D eigenvalue weighted by Crippen LogP contribution is -2.25. The molecule has 2 aromatic carbocycles. The van der Waals surface area contributed by atoms with Crippen LogP contribution >= 0.6 is 0 Å². The third-order valence-electron chi connectivity index (χ3n) is 4.76. The average Bonchev–Trinajstić information content (AvgIpc) is 3.11. The number of carbonyl (C=O) groups is 1. The standard InChI is InChI=1S/C22H23N3O3/c1-14(2)28-18-6-4-5-15(11-18)19-12-20(26)24-22-21(19)23-13-25(22)16-7-9-17(27-3)10-8-16/h4-11,13-14,19H,12H2,1-3H3,(H,24,26)/t19-/m1/s1. The van der Waals surface area contributed by atoms with Crippen molar-refractivity contribution >= 4 is 11.7 Å². The predicted octanol–water partition coefficient (Wildman–Crippen LogP) is 4.14.